The van der Waals surface area contributed by atoms with Crippen LogP contribution in [0.2, 0.25) is 0 Å². The third-order valence-corrected chi connectivity index (χ3v) is 2.64. The number of nitrogens with two attached hydrogens (primary N) is 1. The Bertz CT molecular complexity index is 495. The Kier molecular flexibility index (Phi) is 8.61. The van der Waals surface area contributed by atoms with Gasteiger partial charge in [0.25, 0.3) is 0 Å². The minimum atomic E-state index is -1.23. The number of benzene rings is 1. The zero-order chi connectivity index (χ0) is 15.1. The molecule has 0 heterocycles. The number of likely N-dealkylation sites (N-methyl/N-ethyl adjacent to an activating group) is 1. The summed E-state index contributed by atoms with van der Waals surface area (Å²) in [7, 11) is 1.45. The van der Waals surface area contributed by atoms with Crippen LogP contribution in [0.4, 0.5) is 0 Å². The zero-order valence-electron chi connectivity index (χ0n) is 11.6. The van der Waals surface area contributed by atoms with E-state index in [-0.39, 0.29) is 31.5 Å². The molecule has 0 saturated carbocycles. The van der Waals surface area contributed by atoms with Gasteiger partial charge in [0.1, 0.15) is 12.1 Å². The van der Waals surface area contributed by atoms with Crippen LogP contribution in [-0.4, -0.2) is 42.1 Å². The summed E-state index contributed by atoms with van der Waals surface area (Å²) in [4.78, 5) is 34.1. The molecular formula is C13H16N2O5Zn. The van der Waals surface area contributed by atoms with Crippen LogP contribution < -0.4 is 11.1 Å². The predicted octanol–water partition coefficient (Wildman–Crippen LogP) is -0.242. The SMILES string of the molecule is CNC(C[C@H](N)C(=O)O)C(=O)OC(=O)c1ccccc1.[Zn]. The summed E-state index contributed by atoms with van der Waals surface area (Å²) in [5.74, 6) is -2.88. The Morgan fingerprint density at radius 3 is 2.33 bits per heavy atom. The first-order valence-corrected chi connectivity index (χ1v) is 5.92. The van der Waals surface area contributed by atoms with Gasteiger partial charge >= 0.3 is 17.9 Å². The molecule has 110 valence electrons. The monoisotopic (exact) mass is 344 g/mol. The largest absolute Gasteiger partial charge is 0.480 e. The number of carboxylic acid groups (broad SMARTS) is 1. The second kappa shape index (κ2) is 9.34. The van der Waals surface area contributed by atoms with Gasteiger partial charge in [-0.1, -0.05) is 18.2 Å². The van der Waals surface area contributed by atoms with Gasteiger partial charge in [-0.2, -0.15) is 0 Å². The molecule has 0 saturated heterocycles. The maximum absolute atomic E-state index is 11.8. The van der Waals surface area contributed by atoms with Gasteiger partial charge in [0.05, 0.1) is 5.56 Å². The van der Waals surface area contributed by atoms with Crippen LogP contribution in [0, 0.1) is 0 Å². The molecular weight excluding hydrogens is 330 g/mol. The maximum atomic E-state index is 11.8. The van der Waals surface area contributed by atoms with Crippen molar-refractivity contribution in [1.82, 2.24) is 5.32 Å². The van der Waals surface area contributed by atoms with Crippen molar-refractivity contribution in [3.8, 4) is 0 Å². The van der Waals surface area contributed by atoms with Gasteiger partial charge in [0, 0.05) is 19.5 Å². The number of esters is 2. The van der Waals surface area contributed by atoms with E-state index in [9.17, 15) is 14.4 Å². The number of ether oxygens (including phenoxy) is 1. The van der Waals surface area contributed by atoms with Gasteiger partial charge in [-0.25, -0.2) is 9.59 Å². The molecule has 7 nitrogen and oxygen atoms in total. The first-order chi connectivity index (χ1) is 9.45. The van der Waals surface area contributed by atoms with E-state index in [4.69, 9.17) is 10.8 Å². The average Bonchev–Trinajstić information content (AvgIpc) is 2.44. The summed E-state index contributed by atoms with van der Waals surface area (Å²) in [6, 6.07) is 5.83. The van der Waals surface area contributed by atoms with E-state index in [1.807, 2.05) is 0 Å². The number of hydrogen-bond donors (Lipinski definition) is 3. The molecule has 2 atom stereocenters. The number of hydrogen-bond acceptors (Lipinski definition) is 6. The molecule has 4 N–H and O–H groups in total. The van der Waals surface area contributed by atoms with Crippen molar-refractivity contribution in [1.29, 1.82) is 0 Å². The first-order valence-electron chi connectivity index (χ1n) is 5.92. The van der Waals surface area contributed by atoms with E-state index < -0.39 is 30.0 Å². The molecule has 0 radical (unpaired) electrons. The smallest absolute Gasteiger partial charge is 0.345 e. The molecule has 0 bridgehead atoms. The van der Waals surface area contributed by atoms with Crippen LogP contribution in [0.25, 0.3) is 0 Å². The predicted molar refractivity (Wildman–Crippen MR) is 69.9 cm³/mol. The molecule has 0 aliphatic heterocycles. The zero-order valence-corrected chi connectivity index (χ0v) is 14.6. The normalized spacial score (nSPS) is 12.7. The standard InChI is InChI=1S/C13H16N2O5.Zn/c1-15-10(7-9(14)11(16)17)13(19)20-12(18)8-5-3-2-4-6-8;/h2-6,9-10,15H,7,14H2,1H3,(H,16,17);/t9-,10?;/m0./s1. The number of aliphatic carboxylic acids is 1. The molecule has 0 aliphatic rings. The van der Waals surface area contributed by atoms with Crippen LogP contribution >= 0.6 is 0 Å². The van der Waals surface area contributed by atoms with Gasteiger partial charge in [-0.3, -0.25) is 4.79 Å². The molecule has 1 aromatic rings. The van der Waals surface area contributed by atoms with Gasteiger partial charge in [-0.15, -0.1) is 0 Å². The molecule has 0 aromatic heterocycles. The number of rotatable bonds is 6. The van der Waals surface area contributed by atoms with E-state index in [1.54, 1.807) is 18.2 Å². The fraction of sp³-hybridized carbons (Fsp3) is 0.308. The number of nitrogens with one attached hydrogen (secondary N) is 1. The Morgan fingerprint density at radius 2 is 1.86 bits per heavy atom. The van der Waals surface area contributed by atoms with Crippen LogP contribution in [-0.2, 0) is 33.8 Å². The number of carboxylic acids is 1. The van der Waals surface area contributed by atoms with E-state index in [0.717, 1.165) is 0 Å². The third-order valence-electron chi connectivity index (χ3n) is 2.64. The molecule has 1 aromatic carbocycles. The fourth-order valence-corrected chi connectivity index (χ4v) is 1.48. The second-order valence-electron chi connectivity index (χ2n) is 4.10. The Hall–Kier alpha value is -1.63. The van der Waals surface area contributed by atoms with Gasteiger partial charge < -0.3 is 20.9 Å². The minimum absolute atomic E-state index is 0. The van der Waals surface area contributed by atoms with Crippen molar-refractivity contribution in [2.45, 2.75) is 18.5 Å². The summed E-state index contributed by atoms with van der Waals surface area (Å²) in [5, 5.41) is 11.3. The van der Waals surface area contributed by atoms with Crippen LogP contribution in [0.5, 0.6) is 0 Å². The van der Waals surface area contributed by atoms with Crippen LogP contribution in [0.15, 0.2) is 30.3 Å². The first kappa shape index (κ1) is 19.4. The topological polar surface area (TPSA) is 119 Å². The third kappa shape index (κ3) is 6.12. The van der Waals surface area contributed by atoms with E-state index in [2.05, 4.69) is 10.1 Å². The molecule has 8 heteroatoms. The molecule has 1 unspecified atom stereocenters. The average molecular weight is 346 g/mol. The van der Waals surface area contributed by atoms with Gasteiger partial charge in [0.15, 0.2) is 0 Å². The van der Waals surface area contributed by atoms with Crippen LogP contribution in [0.1, 0.15) is 16.8 Å². The summed E-state index contributed by atoms with van der Waals surface area (Å²) < 4.78 is 4.68. The van der Waals surface area contributed by atoms with Crippen molar-refractivity contribution >= 4 is 17.9 Å². The van der Waals surface area contributed by atoms with Crippen molar-refractivity contribution in [3.05, 3.63) is 35.9 Å². The van der Waals surface area contributed by atoms with Crippen molar-refractivity contribution in [3.63, 3.8) is 0 Å². The van der Waals surface area contributed by atoms with E-state index >= 15 is 0 Å². The van der Waals surface area contributed by atoms with E-state index in [0.29, 0.717) is 0 Å². The van der Waals surface area contributed by atoms with Gasteiger partial charge in [0.2, 0.25) is 0 Å². The minimum Gasteiger partial charge on any atom is -0.480 e. The van der Waals surface area contributed by atoms with E-state index in [1.165, 1.54) is 19.2 Å². The van der Waals surface area contributed by atoms with Crippen molar-refractivity contribution in [2.24, 2.45) is 5.73 Å². The molecule has 21 heavy (non-hydrogen) atoms. The number of carbonyl (C=O) groups is 3. The molecule has 1 rings (SSSR count). The summed E-state index contributed by atoms with van der Waals surface area (Å²) in [6.07, 6.45) is -0.174. The fourth-order valence-electron chi connectivity index (χ4n) is 1.48. The Balaban J connectivity index is 0.00000400. The van der Waals surface area contributed by atoms with Crippen molar-refractivity contribution < 1.29 is 43.7 Å². The summed E-state index contributed by atoms with van der Waals surface area (Å²) in [6.45, 7) is 0. The number of carbonyl (C=O) groups excluding carboxylic acids is 2. The molecule has 0 spiro atoms. The Morgan fingerprint density at radius 1 is 1.29 bits per heavy atom. The van der Waals surface area contributed by atoms with Crippen LogP contribution in [0.3, 0.4) is 0 Å². The van der Waals surface area contributed by atoms with Gasteiger partial charge in [-0.05, 0) is 25.6 Å². The van der Waals surface area contributed by atoms with Crippen molar-refractivity contribution in [2.75, 3.05) is 7.05 Å². The quantitative estimate of drug-likeness (QED) is 0.370. The molecule has 0 fully saturated rings. The molecule has 0 amide bonds. The summed E-state index contributed by atoms with van der Waals surface area (Å²) in [5.41, 5.74) is 5.57. The summed E-state index contributed by atoms with van der Waals surface area (Å²) >= 11 is 0. The molecule has 0 aliphatic carbocycles. The maximum Gasteiger partial charge on any atom is 0.345 e. The Labute approximate surface area is 134 Å². The second-order valence-corrected chi connectivity index (χ2v) is 4.10.